The molecule has 2 fully saturated rings. The van der Waals surface area contributed by atoms with Crippen LogP contribution in [0.2, 0.25) is 0 Å². The van der Waals surface area contributed by atoms with Crippen molar-refractivity contribution < 1.29 is 14.3 Å². The van der Waals surface area contributed by atoms with Crippen molar-refractivity contribution in [2.75, 3.05) is 26.7 Å². The molecule has 0 bridgehead atoms. The molecule has 144 valence electrons. The van der Waals surface area contributed by atoms with Gasteiger partial charge in [-0.1, -0.05) is 0 Å². The Balaban J connectivity index is 1.51. The van der Waals surface area contributed by atoms with E-state index >= 15 is 0 Å². The highest BCUT2D eigenvalue weighted by molar-refractivity contribution is 5.82. The lowest BCUT2D eigenvalue weighted by molar-refractivity contribution is -0.145. The van der Waals surface area contributed by atoms with E-state index in [9.17, 15) is 9.59 Å². The molecule has 1 aromatic rings. The van der Waals surface area contributed by atoms with Gasteiger partial charge < -0.3 is 19.1 Å². The Morgan fingerprint density at radius 3 is 2.65 bits per heavy atom. The van der Waals surface area contributed by atoms with E-state index in [1.165, 1.54) is 0 Å². The molecule has 0 radical (unpaired) electrons. The number of piperidine rings is 1. The predicted octanol–water partition coefficient (Wildman–Crippen LogP) is 1.23. The molecule has 3 heterocycles. The van der Waals surface area contributed by atoms with Gasteiger partial charge in [0.05, 0.1) is 6.54 Å². The van der Waals surface area contributed by atoms with Crippen molar-refractivity contribution in [3.05, 3.63) is 12.2 Å². The van der Waals surface area contributed by atoms with Crippen LogP contribution in [0.1, 0.15) is 51.4 Å². The summed E-state index contributed by atoms with van der Waals surface area (Å²) in [4.78, 5) is 28.8. The van der Waals surface area contributed by atoms with Crippen molar-refractivity contribution in [2.24, 2.45) is 5.92 Å². The Hall–Kier alpha value is -1.96. The smallest absolute Gasteiger partial charge is 0.251 e. The predicted molar refractivity (Wildman–Crippen MR) is 95.2 cm³/mol. The Kier molecular flexibility index (Phi) is 5.90. The maximum absolute atomic E-state index is 12.8. The number of carbonyl (C=O) groups is 2. The number of nitrogens with zero attached hydrogens (tertiary/aromatic N) is 5. The van der Waals surface area contributed by atoms with Crippen LogP contribution >= 0.6 is 0 Å². The second-order valence-electron chi connectivity index (χ2n) is 7.54. The average molecular weight is 363 g/mol. The minimum atomic E-state index is -0.271. The first-order valence-electron chi connectivity index (χ1n) is 9.51. The van der Waals surface area contributed by atoms with Gasteiger partial charge in [0.25, 0.3) is 5.91 Å². The molecule has 3 rings (SSSR count). The van der Waals surface area contributed by atoms with Gasteiger partial charge in [0.15, 0.2) is 5.82 Å². The van der Waals surface area contributed by atoms with Gasteiger partial charge in [0.2, 0.25) is 5.91 Å². The molecule has 0 N–H and O–H groups in total. The standard InChI is InChI=1S/C18H29N5O3/c1-13(2)23-12-19-20-16(23)11-21(3)17(24)14-6-8-22(9-7-14)18(25)15-5-4-10-26-15/h12-15H,4-11H2,1-3H3/t15-/m0/s1. The van der Waals surface area contributed by atoms with Gasteiger partial charge in [-0.05, 0) is 39.5 Å². The van der Waals surface area contributed by atoms with E-state index in [0.717, 1.165) is 18.7 Å². The molecule has 0 aromatic carbocycles. The Labute approximate surface area is 154 Å². The molecule has 0 aliphatic carbocycles. The fourth-order valence-electron chi connectivity index (χ4n) is 3.74. The number of likely N-dealkylation sites (tertiary alicyclic amines) is 1. The normalized spacial score (nSPS) is 21.4. The average Bonchev–Trinajstić information content (AvgIpc) is 3.32. The summed E-state index contributed by atoms with van der Waals surface area (Å²) in [5.41, 5.74) is 0. The monoisotopic (exact) mass is 363 g/mol. The topological polar surface area (TPSA) is 80.6 Å². The van der Waals surface area contributed by atoms with Crippen molar-refractivity contribution in [3.8, 4) is 0 Å². The number of rotatable bonds is 5. The molecule has 26 heavy (non-hydrogen) atoms. The number of hydrogen-bond donors (Lipinski definition) is 0. The number of carbonyl (C=O) groups excluding carboxylic acids is 2. The quantitative estimate of drug-likeness (QED) is 0.786. The first kappa shape index (κ1) is 18.8. The second kappa shape index (κ2) is 8.16. The lowest BCUT2D eigenvalue weighted by Gasteiger charge is -2.34. The summed E-state index contributed by atoms with van der Waals surface area (Å²) in [6, 6.07) is 0.260. The van der Waals surface area contributed by atoms with E-state index in [-0.39, 0.29) is 29.9 Å². The molecular weight excluding hydrogens is 334 g/mol. The minimum Gasteiger partial charge on any atom is -0.368 e. The van der Waals surface area contributed by atoms with Crippen LogP contribution in [-0.4, -0.2) is 69.2 Å². The van der Waals surface area contributed by atoms with Crippen molar-refractivity contribution in [3.63, 3.8) is 0 Å². The van der Waals surface area contributed by atoms with E-state index in [0.29, 0.717) is 39.1 Å². The van der Waals surface area contributed by atoms with Crippen LogP contribution in [0.5, 0.6) is 0 Å². The zero-order valence-corrected chi connectivity index (χ0v) is 15.9. The van der Waals surface area contributed by atoms with Crippen molar-refractivity contribution >= 4 is 11.8 Å². The Morgan fingerprint density at radius 2 is 2.04 bits per heavy atom. The van der Waals surface area contributed by atoms with E-state index in [1.54, 1.807) is 11.2 Å². The van der Waals surface area contributed by atoms with Gasteiger partial charge in [-0.15, -0.1) is 10.2 Å². The maximum Gasteiger partial charge on any atom is 0.251 e. The third-order valence-corrected chi connectivity index (χ3v) is 5.32. The van der Waals surface area contributed by atoms with Crippen LogP contribution in [0.4, 0.5) is 0 Å². The lowest BCUT2D eigenvalue weighted by Crippen LogP contribution is -2.46. The van der Waals surface area contributed by atoms with E-state index in [2.05, 4.69) is 24.0 Å². The fraction of sp³-hybridized carbons (Fsp3) is 0.778. The molecule has 0 unspecified atom stereocenters. The highest BCUT2D eigenvalue weighted by Crippen LogP contribution is 2.23. The first-order valence-corrected chi connectivity index (χ1v) is 9.51. The summed E-state index contributed by atoms with van der Waals surface area (Å²) >= 11 is 0. The first-order chi connectivity index (χ1) is 12.5. The van der Waals surface area contributed by atoms with Crippen LogP contribution in [0.3, 0.4) is 0 Å². The van der Waals surface area contributed by atoms with Gasteiger partial charge in [0, 0.05) is 38.7 Å². The summed E-state index contributed by atoms with van der Waals surface area (Å²) in [5, 5.41) is 8.09. The second-order valence-corrected chi connectivity index (χ2v) is 7.54. The summed E-state index contributed by atoms with van der Waals surface area (Å²) in [6.07, 6.45) is 4.62. The molecule has 8 heteroatoms. The number of hydrogen-bond acceptors (Lipinski definition) is 5. The number of aromatic nitrogens is 3. The zero-order valence-electron chi connectivity index (χ0n) is 15.9. The van der Waals surface area contributed by atoms with Crippen LogP contribution < -0.4 is 0 Å². The van der Waals surface area contributed by atoms with E-state index in [4.69, 9.17) is 4.74 Å². The molecule has 0 saturated carbocycles. The third kappa shape index (κ3) is 4.06. The molecular formula is C18H29N5O3. The van der Waals surface area contributed by atoms with E-state index in [1.807, 2.05) is 16.5 Å². The van der Waals surface area contributed by atoms with Crippen molar-refractivity contribution in [2.45, 2.75) is 58.2 Å². The van der Waals surface area contributed by atoms with Crippen molar-refractivity contribution in [1.29, 1.82) is 0 Å². The summed E-state index contributed by atoms with van der Waals surface area (Å²) in [6.45, 7) is 6.52. The highest BCUT2D eigenvalue weighted by Gasteiger charge is 2.33. The van der Waals surface area contributed by atoms with Gasteiger partial charge >= 0.3 is 0 Å². The molecule has 1 aromatic heterocycles. The summed E-state index contributed by atoms with van der Waals surface area (Å²) in [5.74, 6) is 0.963. The Bertz CT molecular complexity index is 631. The van der Waals surface area contributed by atoms with Gasteiger partial charge in [0.1, 0.15) is 12.4 Å². The van der Waals surface area contributed by atoms with Gasteiger partial charge in [-0.25, -0.2) is 0 Å². The SMILES string of the molecule is CC(C)n1cnnc1CN(C)C(=O)C1CCN(C(=O)[C@@H]2CCCO2)CC1. The van der Waals surface area contributed by atoms with E-state index < -0.39 is 0 Å². The van der Waals surface area contributed by atoms with Crippen LogP contribution in [0.15, 0.2) is 6.33 Å². The number of amides is 2. The molecule has 0 spiro atoms. The van der Waals surface area contributed by atoms with Gasteiger partial charge in [-0.2, -0.15) is 0 Å². The molecule has 2 amide bonds. The number of ether oxygens (including phenoxy) is 1. The molecule has 2 aliphatic heterocycles. The minimum absolute atomic E-state index is 0.0380. The van der Waals surface area contributed by atoms with Gasteiger partial charge in [-0.3, -0.25) is 9.59 Å². The maximum atomic E-state index is 12.8. The lowest BCUT2D eigenvalue weighted by atomic mass is 9.95. The third-order valence-electron chi connectivity index (χ3n) is 5.32. The Morgan fingerprint density at radius 1 is 1.31 bits per heavy atom. The van der Waals surface area contributed by atoms with Crippen molar-refractivity contribution in [1.82, 2.24) is 24.6 Å². The highest BCUT2D eigenvalue weighted by atomic mass is 16.5. The van der Waals surface area contributed by atoms with Crippen LogP contribution in [0, 0.1) is 5.92 Å². The zero-order chi connectivity index (χ0) is 18.7. The molecule has 2 aliphatic rings. The summed E-state index contributed by atoms with van der Waals surface area (Å²) < 4.78 is 7.47. The molecule has 2 saturated heterocycles. The molecule has 8 nitrogen and oxygen atoms in total. The summed E-state index contributed by atoms with van der Waals surface area (Å²) in [7, 11) is 1.81. The van der Waals surface area contributed by atoms with Crippen LogP contribution in [0.25, 0.3) is 0 Å². The van der Waals surface area contributed by atoms with Crippen LogP contribution in [-0.2, 0) is 20.9 Å². The fourth-order valence-corrected chi connectivity index (χ4v) is 3.74. The molecule has 1 atom stereocenters. The largest absolute Gasteiger partial charge is 0.368 e.